The minimum Gasteiger partial charge on any atom is -0.748 e. The largest absolute Gasteiger partial charge is 1.00 e. The summed E-state index contributed by atoms with van der Waals surface area (Å²) < 4.78 is 63.2. The van der Waals surface area contributed by atoms with Gasteiger partial charge >= 0.3 is 59.1 Å². The van der Waals surface area contributed by atoms with Gasteiger partial charge in [0, 0.05) is 39.3 Å². The standard InChI is InChI=1S/C10H22N2O8S2.2Na/c13-9(7-21(15,16)17)5-11-1-2-12(4-3-11)6-10(14)8-22(18,19)20;;/h9-10,13-14H,1-8H2,(H,15,16,17)(H,18,19,20);;/q;2*+1/p-2. The van der Waals surface area contributed by atoms with E-state index in [1.165, 1.54) is 0 Å². The molecule has 0 radical (unpaired) electrons. The first kappa shape index (κ1) is 27.9. The summed E-state index contributed by atoms with van der Waals surface area (Å²) >= 11 is 0. The number of nitrogens with zero attached hydrogens (tertiary/aromatic N) is 2. The molecule has 1 aliphatic rings. The Bertz CT molecular complexity index is 501. The number of hydrogen-bond acceptors (Lipinski definition) is 10. The van der Waals surface area contributed by atoms with Crippen LogP contribution in [0.5, 0.6) is 0 Å². The normalized spacial score (nSPS) is 19.8. The third-order valence-electron chi connectivity index (χ3n) is 3.20. The summed E-state index contributed by atoms with van der Waals surface area (Å²) in [6.07, 6.45) is -2.52. The number of piperazine rings is 1. The molecule has 1 aliphatic heterocycles. The minimum absolute atomic E-state index is 0. The van der Waals surface area contributed by atoms with Gasteiger partial charge in [0.2, 0.25) is 0 Å². The predicted molar refractivity (Wildman–Crippen MR) is 74.0 cm³/mol. The Balaban J connectivity index is 0. The van der Waals surface area contributed by atoms with E-state index in [0.29, 0.717) is 26.2 Å². The van der Waals surface area contributed by atoms with Crippen LogP contribution in [0.15, 0.2) is 0 Å². The van der Waals surface area contributed by atoms with Crippen LogP contribution < -0.4 is 59.1 Å². The molecular weight excluding hydrogens is 386 g/mol. The molecule has 24 heavy (non-hydrogen) atoms. The van der Waals surface area contributed by atoms with Crippen molar-refractivity contribution in [3.05, 3.63) is 0 Å². The molecule has 0 bridgehead atoms. The number of aliphatic hydroxyl groups excluding tert-OH is 2. The van der Waals surface area contributed by atoms with Crippen molar-refractivity contribution >= 4 is 20.2 Å². The minimum atomic E-state index is -4.47. The summed E-state index contributed by atoms with van der Waals surface area (Å²) in [6.45, 7) is 1.96. The molecule has 1 heterocycles. The van der Waals surface area contributed by atoms with E-state index in [9.17, 15) is 36.2 Å². The van der Waals surface area contributed by atoms with E-state index in [4.69, 9.17) is 0 Å². The zero-order valence-electron chi connectivity index (χ0n) is 13.9. The van der Waals surface area contributed by atoms with E-state index in [1.807, 2.05) is 0 Å². The van der Waals surface area contributed by atoms with Crippen molar-refractivity contribution < 1.29 is 95.3 Å². The van der Waals surface area contributed by atoms with Crippen molar-refractivity contribution in [1.82, 2.24) is 9.80 Å². The van der Waals surface area contributed by atoms with E-state index in [-0.39, 0.29) is 72.2 Å². The van der Waals surface area contributed by atoms with Gasteiger partial charge in [-0.15, -0.1) is 0 Å². The maximum Gasteiger partial charge on any atom is 1.00 e. The molecule has 0 aromatic carbocycles. The molecule has 14 heteroatoms. The fourth-order valence-corrected chi connectivity index (χ4v) is 3.48. The molecule has 1 rings (SSSR count). The van der Waals surface area contributed by atoms with Gasteiger partial charge in [-0.2, -0.15) is 0 Å². The SMILES string of the molecule is O=S(=O)([O-])CC(O)CN1CCN(CC(O)CS(=O)(=O)[O-])CC1.[Na+].[Na+]. The topological polar surface area (TPSA) is 161 Å². The molecule has 0 saturated carbocycles. The molecule has 0 amide bonds. The molecule has 2 N–H and O–H groups in total. The first-order valence-corrected chi connectivity index (χ1v) is 9.78. The third kappa shape index (κ3) is 13.8. The maximum absolute atomic E-state index is 10.5. The van der Waals surface area contributed by atoms with Gasteiger partial charge in [-0.3, -0.25) is 9.80 Å². The monoisotopic (exact) mass is 406 g/mol. The summed E-state index contributed by atoms with van der Waals surface area (Å²) in [5, 5.41) is 19.0. The number of aliphatic hydroxyl groups is 2. The van der Waals surface area contributed by atoms with Gasteiger partial charge in [0.05, 0.1) is 43.9 Å². The van der Waals surface area contributed by atoms with E-state index in [1.54, 1.807) is 9.80 Å². The van der Waals surface area contributed by atoms with Crippen LogP contribution in [0.4, 0.5) is 0 Å². The summed E-state index contributed by atoms with van der Waals surface area (Å²) in [5.74, 6) is -1.68. The Hall–Kier alpha value is 1.66. The molecular formula is C10H20N2Na2O8S2. The second-order valence-electron chi connectivity index (χ2n) is 5.36. The number of hydrogen-bond donors (Lipinski definition) is 2. The average Bonchev–Trinajstić information content (AvgIpc) is 2.26. The summed E-state index contributed by atoms with van der Waals surface area (Å²) in [6, 6.07) is 0. The molecule has 0 spiro atoms. The number of rotatable bonds is 8. The molecule has 132 valence electrons. The van der Waals surface area contributed by atoms with Gasteiger partial charge in [0.15, 0.2) is 0 Å². The van der Waals surface area contributed by atoms with Crippen LogP contribution in [0, 0.1) is 0 Å². The van der Waals surface area contributed by atoms with E-state index in [2.05, 4.69) is 0 Å². The molecule has 2 atom stereocenters. The Morgan fingerprint density at radius 2 is 1.00 bits per heavy atom. The fraction of sp³-hybridized carbons (Fsp3) is 1.00. The van der Waals surface area contributed by atoms with Crippen LogP contribution in [-0.2, 0) is 20.2 Å². The van der Waals surface area contributed by atoms with Crippen molar-refractivity contribution in [2.24, 2.45) is 0 Å². The molecule has 10 nitrogen and oxygen atoms in total. The molecule has 1 fully saturated rings. The van der Waals surface area contributed by atoms with Crippen molar-refractivity contribution in [2.75, 3.05) is 50.8 Å². The second kappa shape index (κ2) is 12.2. The smallest absolute Gasteiger partial charge is 0.748 e. The summed E-state index contributed by atoms with van der Waals surface area (Å²) in [7, 11) is -8.95. The van der Waals surface area contributed by atoms with E-state index < -0.39 is 43.9 Å². The summed E-state index contributed by atoms with van der Waals surface area (Å²) in [4.78, 5) is 3.53. The van der Waals surface area contributed by atoms with Gasteiger partial charge in [0.1, 0.15) is 0 Å². The van der Waals surface area contributed by atoms with Crippen molar-refractivity contribution in [3.63, 3.8) is 0 Å². The van der Waals surface area contributed by atoms with Crippen LogP contribution in [0.25, 0.3) is 0 Å². The van der Waals surface area contributed by atoms with Gasteiger partial charge in [-0.05, 0) is 0 Å². The van der Waals surface area contributed by atoms with Crippen LogP contribution in [-0.4, -0.2) is 109 Å². The molecule has 0 aromatic heterocycles. The van der Waals surface area contributed by atoms with Gasteiger partial charge in [0.25, 0.3) is 0 Å². The Morgan fingerprint density at radius 3 is 1.21 bits per heavy atom. The van der Waals surface area contributed by atoms with Crippen LogP contribution in [0.3, 0.4) is 0 Å². The van der Waals surface area contributed by atoms with Gasteiger partial charge in [-0.1, -0.05) is 0 Å². The van der Waals surface area contributed by atoms with Crippen LogP contribution in [0.2, 0.25) is 0 Å². The average molecular weight is 406 g/mol. The summed E-state index contributed by atoms with van der Waals surface area (Å²) in [5.41, 5.74) is 0. The fourth-order valence-electron chi connectivity index (χ4n) is 2.33. The second-order valence-corrected chi connectivity index (χ2v) is 8.25. The maximum atomic E-state index is 10.5. The first-order chi connectivity index (χ1) is 9.94. The van der Waals surface area contributed by atoms with Crippen molar-refractivity contribution in [2.45, 2.75) is 12.2 Å². The Labute approximate surface area is 186 Å². The van der Waals surface area contributed by atoms with Gasteiger partial charge < -0.3 is 19.3 Å². The third-order valence-corrected chi connectivity index (χ3v) is 4.78. The van der Waals surface area contributed by atoms with Crippen LogP contribution in [0.1, 0.15) is 0 Å². The van der Waals surface area contributed by atoms with E-state index in [0.717, 1.165) is 0 Å². The molecule has 1 saturated heterocycles. The molecule has 0 aromatic rings. The van der Waals surface area contributed by atoms with E-state index >= 15 is 0 Å². The first-order valence-electron chi connectivity index (χ1n) is 6.62. The molecule has 0 aliphatic carbocycles. The van der Waals surface area contributed by atoms with Crippen molar-refractivity contribution in [3.8, 4) is 0 Å². The quantitative estimate of drug-likeness (QED) is 0.292. The number of β-amino-alcohol motifs (C(OH)–C–C–N with tert-alkyl or cyclic N) is 2. The zero-order chi connectivity index (χ0) is 17.0. The van der Waals surface area contributed by atoms with Gasteiger partial charge in [-0.25, -0.2) is 16.8 Å². The Morgan fingerprint density at radius 1 is 0.750 bits per heavy atom. The van der Waals surface area contributed by atoms with Crippen LogP contribution >= 0.6 is 0 Å². The Kier molecular flexibility index (Phi) is 14.2. The van der Waals surface area contributed by atoms with Crippen molar-refractivity contribution in [1.29, 1.82) is 0 Å². The zero-order valence-corrected chi connectivity index (χ0v) is 19.5. The molecule has 2 unspecified atom stereocenters. The predicted octanol–water partition coefficient (Wildman–Crippen LogP) is -9.58.